The van der Waals surface area contributed by atoms with Gasteiger partial charge in [-0.15, -0.1) is 0 Å². The van der Waals surface area contributed by atoms with Crippen molar-refractivity contribution in [3.8, 4) is 5.75 Å². The smallest absolute Gasteiger partial charge is 0.165 e. The Balaban J connectivity index is 1.98. The van der Waals surface area contributed by atoms with Crippen LogP contribution in [0.3, 0.4) is 0 Å². The third-order valence-electron chi connectivity index (χ3n) is 3.88. The van der Waals surface area contributed by atoms with E-state index in [2.05, 4.69) is 18.5 Å². The summed E-state index contributed by atoms with van der Waals surface area (Å²) in [6.45, 7) is 2.12. The normalized spacial score (nSPS) is 24.4. The van der Waals surface area contributed by atoms with Gasteiger partial charge in [0.05, 0.1) is 7.11 Å². The molecule has 1 aromatic rings. The second-order valence-corrected chi connectivity index (χ2v) is 6.29. The highest BCUT2D eigenvalue weighted by atomic mass is 32.2. The molecule has 0 aromatic heterocycles. The first kappa shape index (κ1) is 14.7. The van der Waals surface area contributed by atoms with Gasteiger partial charge in [0.1, 0.15) is 0 Å². The fourth-order valence-electron chi connectivity index (χ4n) is 2.70. The number of rotatable bonds is 5. The summed E-state index contributed by atoms with van der Waals surface area (Å²) < 4.78 is 18.4. The van der Waals surface area contributed by atoms with Crippen LogP contribution in [0, 0.1) is 5.82 Å². The van der Waals surface area contributed by atoms with Gasteiger partial charge in [0.15, 0.2) is 11.6 Å². The van der Waals surface area contributed by atoms with Gasteiger partial charge in [-0.3, -0.25) is 0 Å². The molecule has 0 bridgehead atoms. The average molecular weight is 283 g/mol. The van der Waals surface area contributed by atoms with Crippen LogP contribution in [0.1, 0.15) is 37.8 Å². The Kier molecular flexibility index (Phi) is 5.11. The Bertz CT molecular complexity index is 427. The molecule has 0 radical (unpaired) electrons. The summed E-state index contributed by atoms with van der Waals surface area (Å²) in [5, 5.41) is 4.42. The first-order valence-electron chi connectivity index (χ1n) is 6.76. The van der Waals surface area contributed by atoms with E-state index in [1.54, 1.807) is 6.07 Å². The van der Waals surface area contributed by atoms with Crippen molar-refractivity contribution in [3.05, 3.63) is 29.6 Å². The molecule has 1 aromatic carbocycles. The number of methoxy groups -OCH3 is 1. The van der Waals surface area contributed by atoms with Crippen molar-refractivity contribution in [1.82, 2.24) is 5.32 Å². The zero-order chi connectivity index (χ0) is 13.8. The Morgan fingerprint density at radius 3 is 2.84 bits per heavy atom. The van der Waals surface area contributed by atoms with Crippen molar-refractivity contribution in [1.29, 1.82) is 0 Å². The van der Waals surface area contributed by atoms with Crippen LogP contribution in [0.25, 0.3) is 0 Å². The first-order chi connectivity index (χ1) is 9.13. The second-order valence-electron chi connectivity index (χ2n) is 5.15. The summed E-state index contributed by atoms with van der Waals surface area (Å²) in [7, 11) is 1.50. The van der Waals surface area contributed by atoms with Gasteiger partial charge in [-0.2, -0.15) is 11.8 Å². The lowest BCUT2D eigenvalue weighted by molar-refractivity contribution is 0.384. The van der Waals surface area contributed by atoms with Crippen LogP contribution in [0.15, 0.2) is 18.2 Å². The number of halogens is 1. The third-order valence-corrected chi connectivity index (χ3v) is 4.97. The van der Waals surface area contributed by atoms with E-state index >= 15 is 0 Å². The van der Waals surface area contributed by atoms with Gasteiger partial charge in [0.2, 0.25) is 0 Å². The van der Waals surface area contributed by atoms with Gasteiger partial charge in [-0.05, 0) is 50.1 Å². The molecule has 0 amide bonds. The summed E-state index contributed by atoms with van der Waals surface area (Å²) in [4.78, 5) is 0. The molecule has 1 aliphatic rings. The summed E-state index contributed by atoms with van der Waals surface area (Å²) in [5.74, 6) is 0.0151. The standard InChI is InChI=1S/C15H22FNOS/c1-10(17-12-5-6-13(9-12)19-3)11-4-7-14(16)15(8-11)18-2/h4,7-8,10,12-13,17H,5-6,9H2,1-3H3. The van der Waals surface area contributed by atoms with Crippen LogP contribution in [0.4, 0.5) is 4.39 Å². The lowest BCUT2D eigenvalue weighted by Crippen LogP contribution is -2.29. The van der Waals surface area contributed by atoms with Crippen molar-refractivity contribution in [2.24, 2.45) is 0 Å². The molecule has 0 spiro atoms. The first-order valence-corrected chi connectivity index (χ1v) is 8.05. The maximum absolute atomic E-state index is 13.4. The molecule has 1 fully saturated rings. The monoisotopic (exact) mass is 283 g/mol. The van der Waals surface area contributed by atoms with Crippen LogP contribution < -0.4 is 10.1 Å². The largest absolute Gasteiger partial charge is 0.494 e. The van der Waals surface area contributed by atoms with Crippen LogP contribution in [-0.4, -0.2) is 24.7 Å². The zero-order valence-corrected chi connectivity index (χ0v) is 12.6. The molecule has 1 aliphatic carbocycles. The van der Waals surface area contributed by atoms with Crippen molar-refractivity contribution in [2.75, 3.05) is 13.4 Å². The number of hydrogen-bond acceptors (Lipinski definition) is 3. The molecular weight excluding hydrogens is 261 g/mol. The molecule has 19 heavy (non-hydrogen) atoms. The molecule has 1 saturated carbocycles. The molecular formula is C15H22FNOS. The number of nitrogens with one attached hydrogen (secondary N) is 1. The molecule has 106 valence electrons. The molecule has 0 aliphatic heterocycles. The summed E-state index contributed by atoms with van der Waals surface area (Å²) in [5.41, 5.74) is 1.07. The van der Waals surface area contributed by atoms with Gasteiger partial charge in [-0.1, -0.05) is 6.07 Å². The van der Waals surface area contributed by atoms with E-state index in [0.717, 1.165) is 10.8 Å². The van der Waals surface area contributed by atoms with E-state index in [-0.39, 0.29) is 11.9 Å². The van der Waals surface area contributed by atoms with Crippen LogP contribution in [0.5, 0.6) is 5.75 Å². The van der Waals surface area contributed by atoms with Crippen LogP contribution in [0.2, 0.25) is 0 Å². The SMILES string of the molecule is COc1cc(C(C)NC2CCC(SC)C2)ccc1F. The quantitative estimate of drug-likeness (QED) is 0.889. The Morgan fingerprint density at radius 2 is 2.21 bits per heavy atom. The fraction of sp³-hybridized carbons (Fsp3) is 0.600. The number of benzene rings is 1. The molecule has 0 saturated heterocycles. The van der Waals surface area contributed by atoms with E-state index in [4.69, 9.17) is 4.74 Å². The molecule has 0 heterocycles. The molecule has 2 nitrogen and oxygen atoms in total. The maximum Gasteiger partial charge on any atom is 0.165 e. The minimum atomic E-state index is -0.304. The third kappa shape index (κ3) is 3.63. The predicted molar refractivity (Wildman–Crippen MR) is 79.4 cm³/mol. The lowest BCUT2D eigenvalue weighted by atomic mass is 10.1. The van der Waals surface area contributed by atoms with E-state index < -0.39 is 0 Å². The number of ether oxygens (including phenoxy) is 1. The van der Waals surface area contributed by atoms with E-state index in [1.165, 1.54) is 32.4 Å². The van der Waals surface area contributed by atoms with Gasteiger partial charge < -0.3 is 10.1 Å². The fourth-order valence-corrected chi connectivity index (χ4v) is 3.50. The van der Waals surface area contributed by atoms with Gasteiger partial charge in [-0.25, -0.2) is 4.39 Å². The van der Waals surface area contributed by atoms with Gasteiger partial charge in [0.25, 0.3) is 0 Å². The van der Waals surface area contributed by atoms with Gasteiger partial charge in [0, 0.05) is 17.3 Å². The number of hydrogen-bond donors (Lipinski definition) is 1. The van der Waals surface area contributed by atoms with Crippen molar-refractivity contribution in [3.63, 3.8) is 0 Å². The van der Waals surface area contributed by atoms with Crippen molar-refractivity contribution < 1.29 is 9.13 Å². The zero-order valence-electron chi connectivity index (χ0n) is 11.8. The molecule has 2 rings (SSSR count). The van der Waals surface area contributed by atoms with Crippen LogP contribution >= 0.6 is 11.8 Å². The van der Waals surface area contributed by atoms with E-state index in [1.807, 2.05) is 17.8 Å². The highest BCUT2D eigenvalue weighted by Gasteiger charge is 2.25. The summed E-state index contributed by atoms with van der Waals surface area (Å²) in [6, 6.07) is 5.89. The minimum absolute atomic E-state index is 0.222. The topological polar surface area (TPSA) is 21.3 Å². The highest BCUT2D eigenvalue weighted by Crippen LogP contribution is 2.30. The summed E-state index contributed by atoms with van der Waals surface area (Å²) >= 11 is 1.96. The van der Waals surface area contributed by atoms with Crippen molar-refractivity contribution >= 4 is 11.8 Å². The summed E-state index contributed by atoms with van der Waals surface area (Å²) in [6.07, 6.45) is 5.93. The van der Waals surface area contributed by atoms with Crippen molar-refractivity contribution in [2.45, 2.75) is 43.5 Å². The predicted octanol–water partition coefficient (Wildman–Crippen LogP) is 3.77. The van der Waals surface area contributed by atoms with Gasteiger partial charge >= 0.3 is 0 Å². The lowest BCUT2D eigenvalue weighted by Gasteiger charge is -2.20. The Morgan fingerprint density at radius 1 is 1.42 bits per heavy atom. The molecule has 3 atom stereocenters. The second kappa shape index (κ2) is 6.62. The molecule has 3 unspecified atom stereocenters. The molecule has 1 N–H and O–H groups in total. The van der Waals surface area contributed by atoms with E-state index in [9.17, 15) is 4.39 Å². The Hall–Kier alpha value is -0.740. The Labute approximate surface area is 119 Å². The average Bonchev–Trinajstić information content (AvgIpc) is 2.86. The minimum Gasteiger partial charge on any atom is -0.494 e. The van der Waals surface area contributed by atoms with Crippen LogP contribution in [-0.2, 0) is 0 Å². The van der Waals surface area contributed by atoms with E-state index in [0.29, 0.717) is 11.8 Å². The number of thioether (sulfide) groups is 1. The maximum atomic E-state index is 13.4. The highest BCUT2D eigenvalue weighted by molar-refractivity contribution is 7.99. The molecule has 4 heteroatoms.